The molecule has 138 valence electrons. The second-order valence-electron chi connectivity index (χ2n) is 7.06. The molecule has 0 saturated carbocycles. The van der Waals surface area contributed by atoms with E-state index < -0.39 is 5.60 Å². The maximum atomic E-state index is 12.8. The van der Waals surface area contributed by atoms with E-state index in [1.165, 1.54) is 12.1 Å². The van der Waals surface area contributed by atoms with E-state index in [2.05, 4.69) is 5.32 Å². The van der Waals surface area contributed by atoms with E-state index in [-0.39, 0.29) is 17.9 Å². The van der Waals surface area contributed by atoms with Crippen LogP contribution in [-0.2, 0) is 11.2 Å². The monoisotopic (exact) mass is 351 g/mol. The third kappa shape index (κ3) is 6.25. The summed E-state index contributed by atoms with van der Waals surface area (Å²) in [5, 5.41) is 2.86. The van der Waals surface area contributed by atoms with Crippen LogP contribution in [0.25, 0.3) is 0 Å². The van der Waals surface area contributed by atoms with E-state index in [0.717, 1.165) is 5.56 Å². The minimum atomic E-state index is -0.522. The Kier molecular flexibility index (Phi) is 6.22. The number of ether oxygens (including phenoxy) is 1. The zero-order chi connectivity index (χ0) is 18.4. The Labute approximate surface area is 147 Å². The lowest BCUT2D eigenvalue weighted by Crippen LogP contribution is -2.54. The summed E-state index contributed by atoms with van der Waals surface area (Å²) in [7, 11) is 0. The number of hydrogen-bond donors (Lipinski definition) is 1. The average Bonchev–Trinajstić information content (AvgIpc) is 2.55. The highest BCUT2D eigenvalue weighted by molar-refractivity contribution is 5.75. The van der Waals surface area contributed by atoms with Crippen LogP contribution < -0.4 is 5.32 Å². The first-order valence-electron chi connectivity index (χ1n) is 8.50. The summed E-state index contributed by atoms with van der Waals surface area (Å²) < 4.78 is 18.2. The Hall–Kier alpha value is -2.31. The highest BCUT2D eigenvalue weighted by atomic mass is 19.1. The standard InChI is InChI=1S/C18H26FN3O3/c1-18(2,3)25-17(24)22-12-10-21(11-13-22)16(23)20-9-8-14-4-6-15(19)7-5-14/h4-7H,8-13H2,1-3H3,(H,20,23). The summed E-state index contributed by atoms with van der Waals surface area (Å²) in [6.07, 6.45) is 0.299. The topological polar surface area (TPSA) is 61.9 Å². The number of urea groups is 1. The quantitative estimate of drug-likeness (QED) is 0.911. The number of benzene rings is 1. The highest BCUT2D eigenvalue weighted by Gasteiger charge is 2.27. The molecule has 1 N–H and O–H groups in total. The van der Waals surface area contributed by atoms with Crippen molar-refractivity contribution in [2.45, 2.75) is 32.8 Å². The fourth-order valence-electron chi connectivity index (χ4n) is 2.50. The van der Waals surface area contributed by atoms with Crippen LogP contribution >= 0.6 is 0 Å². The van der Waals surface area contributed by atoms with E-state index in [1.807, 2.05) is 20.8 Å². The minimum absolute atomic E-state index is 0.147. The molecule has 2 rings (SSSR count). The predicted octanol–water partition coefficient (Wildman–Crippen LogP) is 2.63. The van der Waals surface area contributed by atoms with Crippen LogP contribution in [0.1, 0.15) is 26.3 Å². The van der Waals surface area contributed by atoms with Gasteiger partial charge in [0.2, 0.25) is 0 Å². The van der Waals surface area contributed by atoms with Crippen LogP contribution in [0.3, 0.4) is 0 Å². The van der Waals surface area contributed by atoms with Crippen molar-refractivity contribution in [2.75, 3.05) is 32.7 Å². The zero-order valence-corrected chi connectivity index (χ0v) is 15.0. The molecule has 0 aliphatic carbocycles. The molecule has 7 heteroatoms. The van der Waals surface area contributed by atoms with Crippen LogP contribution in [0, 0.1) is 5.82 Å². The summed E-state index contributed by atoms with van der Waals surface area (Å²) in [5.74, 6) is -0.268. The molecule has 1 saturated heterocycles. The Balaban J connectivity index is 1.70. The van der Waals surface area contributed by atoms with Gasteiger partial charge in [-0.2, -0.15) is 0 Å². The van der Waals surface area contributed by atoms with E-state index in [1.54, 1.807) is 21.9 Å². The molecule has 25 heavy (non-hydrogen) atoms. The fourth-order valence-corrected chi connectivity index (χ4v) is 2.50. The van der Waals surface area contributed by atoms with Gasteiger partial charge in [0.1, 0.15) is 11.4 Å². The number of amides is 3. The van der Waals surface area contributed by atoms with Crippen molar-refractivity contribution in [1.82, 2.24) is 15.1 Å². The number of carbonyl (C=O) groups is 2. The Bertz CT molecular complexity index is 591. The van der Waals surface area contributed by atoms with E-state index in [0.29, 0.717) is 39.1 Å². The van der Waals surface area contributed by atoms with Gasteiger partial charge < -0.3 is 19.9 Å². The lowest BCUT2D eigenvalue weighted by molar-refractivity contribution is 0.0170. The van der Waals surface area contributed by atoms with Crippen LogP contribution in [0.15, 0.2) is 24.3 Å². The number of carbonyl (C=O) groups excluding carboxylic acids is 2. The summed E-state index contributed by atoms with van der Waals surface area (Å²) in [6.45, 7) is 7.84. The van der Waals surface area contributed by atoms with Crippen molar-refractivity contribution in [3.05, 3.63) is 35.6 Å². The molecule has 0 radical (unpaired) electrons. The molecule has 0 atom stereocenters. The molecule has 6 nitrogen and oxygen atoms in total. The maximum Gasteiger partial charge on any atom is 0.410 e. The van der Waals surface area contributed by atoms with Crippen molar-refractivity contribution in [1.29, 1.82) is 0 Å². The third-order valence-electron chi connectivity index (χ3n) is 3.82. The molecule has 0 spiro atoms. The van der Waals surface area contributed by atoms with Crippen LogP contribution in [0.4, 0.5) is 14.0 Å². The summed E-state index contributed by atoms with van der Waals surface area (Å²) >= 11 is 0. The number of hydrogen-bond acceptors (Lipinski definition) is 3. The van der Waals surface area contributed by atoms with Gasteiger partial charge in [-0.3, -0.25) is 0 Å². The van der Waals surface area contributed by atoms with E-state index in [4.69, 9.17) is 4.74 Å². The molecule has 0 bridgehead atoms. The van der Waals surface area contributed by atoms with Crippen molar-refractivity contribution >= 4 is 12.1 Å². The predicted molar refractivity (Wildman–Crippen MR) is 92.9 cm³/mol. The van der Waals surface area contributed by atoms with Gasteiger partial charge in [0.25, 0.3) is 0 Å². The van der Waals surface area contributed by atoms with Crippen LogP contribution in [0.5, 0.6) is 0 Å². The molecule has 3 amide bonds. The van der Waals surface area contributed by atoms with Crippen LogP contribution in [-0.4, -0.2) is 60.2 Å². The molecular formula is C18H26FN3O3. The first-order chi connectivity index (χ1) is 11.7. The highest BCUT2D eigenvalue weighted by Crippen LogP contribution is 2.12. The number of halogens is 1. The SMILES string of the molecule is CC(C)(C)OC(=O)N1CCN(C(=O)NCCc2ccc(F)cc2)CC1. The van der Waals surface area contributed by atoms with E-state index >= 15 is 0 Å². The smallest absolute Gasteiger partial charge is 0.410 e. The normalized spacial score (nSPS) is 15.0. The Morgan fingerprint density at radius 2 is 1.64 bits per heavy atom. The molecule has 1 aliphatic heterocycles. The molecule has 1 aromatic rings. The van der Waals surface area contributed by atoms with Crippen LogP contribution in [0.2, 0.25) is 0 Å². The van der Waals surface area contributed by atoms with Crippen molar-refractivity contribution in [2.24, 2.45) is 0 Å². The van der Waals surface area contributed by atoms with Gasteiger partial charge >= 0.3 is 12.1 Å². The summed E-state index contributed by atoms with van der Waals surface area (Å²) in [6, 6.07) is 6.09. The summed E-state index contributed by atoms with van der Waals surface area (Å²) in [5.41, 5.74) is 0.447. The van der Waals surface area contributed by atoms with Crippen molar-refractivity contribution < 1.29 is 18.7 Å². The van der Waals surface area contributed by atoms with Gasteiger partial charge in [-0.25, -0.2) is 14.0 Å². The third-order valence-corrected chi connectivity index (χ3v) is 3.82. The number of nitrogens with one attached hydrogen (secondary N) is 1. The molecule has 0 aromatic heterocycles. The molecular weight excluding hydrogens is 325 g/mol. The Morgan fingerprint density at radius 1 is 1.08 bits per heavy atom. The molecule has 1 fully saturated rings. The van der Waals surface area contributed by atoms with Crippen molar-refractivity contribution in [3.8, 4) is 0 Å². The fraction of sp³-hybridized carbons (Fsp3) is 0.556. The van der Waals surface area contributed by atoms with Gasteiger partial charge in [-0.1, -0.05) is 12.1 Å². The Morgan fingerprint density at radius 3 is 2.20 bits per heavy atom. The molecule has 1 heterocycles. The van der Waals surface area contributed by atoms with E-state index in [9.17, 15) is 14.0 Å². The average molecular weight is 351 g/mol. The second-order valence-corrected chi connectivity index (χ2v) is 7.06. The molecule has 0 unspecified atom stereocenters. The molecule has 1 aromatic carbocycles. The maximum absolute atomic E-state index is 12.8. The lowest BCUT2D eigenvalue weighted by Gasteiger charge is -2.35. The van der Waals surface area contributed by atoms with Gasteiger partial charge in [0, 0.05) is 32.7 Å². The van der Waals surface area contributed by atoms with Gasteiger partial charge in [0.15, 0.2) is 0 Å². The minimum Gasteiger partial charge on any atom is -0.444 e. The van der Waals surface area contributed by atoms with Gasteiger partial charge in [-0.05, 0) is 44.9 Å². The first kappa shape index (κ1) is 19.0. The van der Waals surface area contributed by atoms with Crippen molar-refractivity contribution in [3.63, 3.8) is 0 Å². The second kappa shape index (κ2) is 8.18. The first-order valence-corrected chi connectivity index (χ1v) is 8.50. The zero-order valence-electron chi connectivity index (χ0n) is 15.0. The molecule has 1 aliphatic rings. The number of nitrogens with zero attached hydrogens (tertiary/aromatic N) is 2. The van der Waals surface area contributed by atoms with Gasteiger partial charge in [-0.15, -0.1) is 0 Å². The lowest BCUT2D eigenvalue weighted by atomic mass is 10.1. The largest absolute Gasteiger partial charge is 0.444 e. The summed E-state index contributed by atoms with van der Waals surface area (Å²) in [4.78, 5) is 27.5. The number of rotatable bonds is 3. The van der Waals surface area contributed by atoms with Gasteiger partial charge in [0.05, 0.1) is 0 Å². The number of piperazine rings is 1.